The maximum absolute atomic E-state index is 12.6. The molecule has 9 heteroatoms. The normalized spacial score (nSPS) is 21.6. The van der Waals surface area contributed by atoms with Gasteiger partial charge in [0.1, 0.15) is 30.5 Å². The van der Waals surface area contributed by atoms with E-state index in [9.17, 15) is 25.2 Å². The minimum absolute atomic E-state index is 0.106. The summed E-state index contributed by atoms with van der Waals surface area (Å²) in [5, 5.41) is 39.9. The van der Waals surface area contributed by atoms with E-state index in [-0.39, 0.29) is 19.2 Å². The first-order chi connectivity index (χ1) is 23.9. The number of rotatable bonds is 35. The fraction of sp³-hybridized carbons (Fsp3) is 0.975. The molecule has 1 aliphatic heterocycles. The lowest BCUT2D eigenvalue weighted by atomic mass is 9.99. The van der Waals surface area contributed by atoms with Crippen molar-refractivity contribution in [1.82, 2.24) is 0 Å². The SMILES string of the molecule is CCCCCCCCCCCCCCCCCCCCOCC(COC1OC(CO)C(O)C(O)C1O)OC(=O)CCCCCCCCCC. The third-order valence-corrected chi connectivity index (χ3v) is 9.77. The van der Waals surface area contributed by atoms with Crippen molar-refractivity contribution < 1.29 is 44.2 Å². The summed E-state index contributed by atoms with van der Waals surface area (Å²) in [5.74, 6) is -0.315. The van der Waals surface area contributed by atoms with Gasteiger partial charge in [-0.05, 0) is 12.8 Å². The Hall–Kier alpha value is -0.810. The van der Waals surface area contributed by atoms with E-state index >= 15 is 0 Å². The Morgan fingerprint density at radius 2 is 1.00 bits per heavy atom. The average molecular weight is 703 g/mol. The Kier molecular flexibility index (Phi) is 31.2. The van der Waals surface area contributed by atoms with Gasteiger partial charge in [-0.1, -0.05) is 168 Å². The van der Waals surface area contributed by atoms with Crippen LogP contribution in [0.2, 0.25) is 0 Å². The van der Waals surface area contributed by atoms with Gasteiger partial charge in [0.2, 0.25) is 0 Å². The molecule has 6 atom stereocenters. The molecule has 0 radical (unpaired) electrons. The van der Waals surface area contributed by atoms with Gasteiger partial charge in [-0.15, -0.1) is 0 Å². The minimum atomic E-state index is -1.53. The quantitative estimate of drug-likeness (QED) is 0.0380. The summed E-state index contributed by atoms with van der Waals surface area (Å²) in [4.78, 5) is 12.6. The molecule has 0 amide bonds. The number of hydrogen-bond acceptors (Lipinski definition) is 9. The lowest BCUT2D eigenvalue weighted by molar-refractivity contribution is -0.305. The number of aliphatic hydroxyl groups is 4. The highest BCUT2D eigenvalue weighted by molar-refractivity contribution is 5.69. The van der Waals surface area contributed by atoms with Crippen LogP contribution in [-0.4, -0.2) is 89.6 Å². The Morgan fingerprint density at radius 3 is 1.45 bits per heavy atom. The van der Waals surface area contributed by atoms with E-state index in [1.165, 1.54) is 135 Å². The second kappa shape index (κ2) is 33.1. The maximum atomic E-state index is 12.6. The molecule has 1 rings (SSSR count). The monoisotopic (exact) mass is 703 g/mol. The van der Waals surface area contributed by atoms with Gasteiger partial charge in [0.05, 0.1) is 19.8 Å². The van der Waals surface area contributed by atoms with Crippen LogP contribution in [0.25, 0.3) is 0 Å². The standard InChI is InChI=1S/C40H78O9/c1-3-5-7-9-11-13-14-15-16-17-18-19-20-21-22-24-26-28-30-46-32-34(48-36(42)29-27-25-23-12-10-8-6-4-2)33-47-40-39(45)38(44)37(43)35(31-41)49-40/h34-35,37-41,43-45H,3-33H2,1-2H3. The van der Waals surface area contributed by atoms with Crippen LogP contribution in [0.4, 0.5) is 0 Å². The molecule has 1 fully saturated rings. The molecule has 1 heterocycles. The summed E-state index contributed by atoms with van der Waals surface area (Å²) < 4.78 is 22.7. The topological polar surface area (TPSA) is 135 Å². The highest BCUT2D eigenvalue weighted by Crippen LogP contribution is 2.22. The minimum Gasteiger partial charge on any atom is -0.457 e. The molecule has 0 saturated carbocycles. The molecule has 292 valence electrons. The second-order valence-corrected chi connectivity index (χ2v) is 14.5. The van der Waals surface area contributed by atoms with E-state index in [4.69, 9.17) is 18.9 Å². The molecule has 9 nitrogen and oxygen atoms in total. The fourth-order valence-corrected chi connectivity index (χ4v) is 6.49. The van der Waals surface area contributed by atoms with Crippen molar-refractivity contribution in [2.75, 3.05) is 26.4 Å². The van der Waals surface area contributed by atoms with Crippen molar-refractivity contribution in [2.45, 2.75) is 224 Å². The summed E-state index contributed by atoms with van der Waals surface area (Å²) in [7, 11) is 0. The van der Waals surface area contributed by atoms with E-state index in [1.807, 2.05) is 0 Å². The van der Waals surface area contributed by atoms with Crippen LogP contribution < -0.4 is 0 Å². The molecular weight excluding hydrogens is 624 g/mol. The largest absolute Gasteiger partial charge is 0.457 e. The van der Waals surface area contributed by atoms with Gasteiger partial charge < -0.3 is 39.4 Å². The molecule has 0 aromatic heterocycles. The van der Waals surface area contributed by atoms with Crippen molar-refractivity contribution in [3.8, 4) is 0 Å². The van der Waals surface area contributed by atoms with Crippen molar-refractivity contribution in [3.63, 3.8) is 0 Å². The fourth-order valence-electron chi connectivity index (χ4n) is 6.49. The number of aliphatic hydroxyl groups excluding tert-OH is 4. The number of esters is 1. The number of hydrogen-bond donors (Lipinski definition) is 4. The predicted octanol–water partition coefficient (Wildman–Crippen LogP) is 8.30. The molecule has 0 aromatic carbocycles. The van der Waals surface area contributed by atoms with Crippen molar-refractivity contribution >= 4 is 5.97 Å². The van der Waals surface area contributed by atoms with Gasteiger partial charge >= 0.3 is 5.97 Å². The zero-order valence-electron chi connectivity index (χ0n) is 31.7. The van der Waals surface area contributed by atoms with Crippen LogP contribution >= 0.6 is 0 Å². The van der Waals surface area contributed by atoms with Crippen LogP contribution in [0.5, 0.6) is 0 Å². The summed E-state index contributed by atoms with van der Waals surface area (Å²) in [5.41, 5.74) is 0. The summed E-state index contributed by atoms with van der Waals surface area (Å²) >= 11 is 0. The van der Waals surface area contributed by atoms with Gasteiger partial charge in [0.15, 0.2) is 6.29 Å². The molecule has 0 spiro atoms. The second-order valence-electron chi connectivity index (χ2n) is 14.5. The first-order valence-corrected chi connectivity index (χ1v) is 20.6. The molecule has 0 aromatic rings. The number of carbonyl (C=O) groups is 1. The first-order valence-electron chi connectivity index (χ1n) is 20.6. The van der Waals surface area contributed by atoms with E-state index < -0.39 is 43.4 Å². The van der Waals surface area contributed by atoms with Gasteiger partial charge in [0.25, 0.3) is 0 Å². The highest BCUT2D eigenvalue weighted by atomic mass is 16.7. The zero-order chi connectivity index (χ0) is 35.8. The van der Waals surface area contributed by atoms with E-state index in [1.54, 1.807) is 0 Å². The van der Waals surface area contributed by atoms with Crippen LogP contribution in [-0.2, 0) is 23.7 Å². The van der Waals surface area contributed by atoms with Crippen LogP contribution in [0.1, 0.15) is 187 Å². The Morgan fingerprint density at radius 1 is 0.571 bits per heavy atom. The smallest absolute Gasteiger partial charge is 0.306 e. The van der Waals surface area contributed by atoms with E-state index in [2.05, 4.69) is 13.8 Å². The van der Waals surface area contributed by atoms with Crippen LogP contribution in [0, 0.1) is 0 Å². The van der Waals surface area contributed by atoms with Crippen LogP contribution in [0.3, 0.4) is 0 Å². The van der Waals surface area contributed by atoms with Crippen molar-refractivity contribution in [2.24, 2.45) is 0 Å². The molecule has 1 saturated heterocycles. The van der Waals surface area contributed by atoms with Gasteiger partial charge in [-0.3, -0.25) is 4.79 Å². The highest BCUT2D eigenvalue weighted by Gasteiger charge is 2.44. The van der Waals surface area contributed by atoms with Gasteiger partial charge in [0, 0.05) is 13.0 Å². The Labute approximate surface area is 300 Å². The number of unbranched alkanes of at least 4 members (excludes halogenated alkanes) is 24. The van der Waals surface area contributed by atoms with E-state index in [0.29, 0.717) is 13.0 Å². The first kappa shape index (κ1) is 46.2. The summed E-state index contributed by atoms with van der Waals surface area (Å²) in [6.45, 7) is 4.55. The molecule has 49 heavy (non-hydrogen) atoms. The lowest BCUT2D eigenvalue weighted by Gasteiger charge is -2.39. The molecular formula is C40H78O9. The van der Waals surface area contributed by atoms with Crippen molar-refractivity contribution in [1.29, 1.82) is 0 Å². The lowest BCUT2D eigenvalue weighted by Crippen LogP contribution is -2.59. The maximum Gasteiger partial charge on any atom is 0.306 e. The third-order valence-electron chi connectivity index (χ3n) is 9.77. The summed E-state index contributed by atoms with van der Waals surface area (Å²) in [6, 6.07) is 0. The van der Waals surface area contributed by atoms with E-state index in [0.717, 1.165) is 32.1 Å². The van der Waals surface area contributed by atoms with Crippen molar-refractivity contribution in [3.05, 3.63) is 0 Å². The molecule has 0 aliphatic carbocycles. The Bertz CT molecular complexity index is 722. The third kappa shape index (κ3) is 24.9. The number of ether oxygens (including phenoxy) is 4. The van der Waals surface area contributed by atoms with Gasteiger partial charge in [-0.2, -0.15) is 0 Å². The molecule has 4 N–H and O–H groups in total. The Balaban J connectivity index is 2.22. The molecule has 0 bridgehead atoms. The van der Waals surface area contributed by atoms with Crippen LogP contribution in [0.15, 0.2) is 0 Å². The summed E-state index contributed by atoms with van der Waals surface area (Å²) in [6.07, 6.45) is 25.7. The molecule has 6 unspecified atom stereocenters. The number of carbonyl (C=O) groups excluding carboxylic acids is 1. The molecule has 1 aliphatic rings. The predicted molar refractivity (Wildman–Crippen MR) is 196 cm³/mol. The average Bonchev–Trinajstić information content (AvgIpc) is 3.10. The van der Waals surface area contributed by atoms with Gasteiger partial charge in [-0.25, -0.2) is 0 Å². The zero-order valence-corrected chi connectivity index (χ0v) is 31.7.